The Morgan fingerprint density at radius 3 is 1.04 bits per heavy atom. The second-order valence-electron chi connectivity index (χ2n) is 23.7. The molecule has 0 aliphatic heterocycles. The number of carbonyl (C=O) groups excluding carboxylic acids is 4. The van der Waals surface area contributed by atoms with Crippen molar-refractivity contribution in [2.45, 2.75) is 274 Å². The van der Waals surface area contributed by atoms with Gasteiger partial charge in [0.15, 0.2) is 0 Å². The first kappa shape index (κ1) is 97.7. The standard InChI is InChI=1S/C20H35NO4.C19H33NO5.C14H24O2.C13H23I.C13H24O/c1-4-5-8-13-18(2)14-9-6-7-11-16-21-20(23)25-17-12-10-15-19(22)24-3;1-3-4-7-12-17(21)13-8-5-6-10-15-20-19(23)25-16-11-9-14-18(22)24-2;1-3-4-7-10-13(2)11-8-5-6-9-12-14(15)16;2*1-3-4-7-10-13(2)11-8-5-6-9-12-14/h6-7,9,14,18H,4-5,8,10-13,15-17H2,1-3H3,(H,21,23);5-6,8,13,17,21H,3-4,7,9-12,14-16H2,1-2H3,(H,20,23);5-6,8,11,13H,3-4,7,9-10,12H2,1-2H3,(H,15,16);5-6,8,11,13H,3-4,7,9-10,12H2,1-2H3;5-6,8,11,13-14H,3-4,7,9-10,12H2,1-2H3/b7-6-,14-9+;6-5-,13-8+;3*6-5-,11-8+/t18-;;3*13-/m0.000/s1. The van der Waals surface area contributed by atoms with Gasteiger partial charge in [-0.25, -0.2) is 9.59 Å². The molecule has 1 unspecified atom stereocenters. The number of hydrogen-bond acceptors (Lipinski definition) is 11. The van der Waals surface area contributed by atoms with Gasteiger partial charge in [0.2, 0.25) is 0 Å². The molecule has 0 aliphatic rings. The van der Waals surface area contributed by atoms with Crippen LogP contribution in [0.4, 0.5) is 9.59 Å². The zero-order valence-electron chi connectivity index (χ0n) is 61.2. The third-order valence-corrected chi connectivity index (χ3v) is 14.8. The van der Waals surface area contributed by atoms with Gasteiger partial charge >= 0.3 is 30.1 Å². The maximum Gasteiger partial charge on any atom is 0.407 e. The van der Waals surface area contributed by atoms with E-state index in [2.05, 4.69) is 160 Å². The van der Waals surface area contributed by atoms with Crippen LogP contribution in [-0.4, -0.2) is 103 Å². The van der Waals surface area contributed by atoms with E-state index >= 15 is 0 Å². The number of aliphatic hydroxyl groups excluding tert-OH is 2. The molecule has 0 spiro atoms. The van der Waals surface area contributed by atoms with Crippen LogP contribution in [0.15, 0.2) is 122 Å². The van der Waals surface area contributed by atoms with Crippen molar-refractivity contribution in [2.75, 3.05) is 51.6 Å². The van der Waals surface area contributed by atoms with Gasteiger partial charge in [-0.15, -0.1) is 0 Å². The highest BCUT2D eigenvalue weighted by molar-refractivity contribution is 14.1. The lowest BCUT2D eigenvalue weighted by Crippen LogP contribution is -2.25. The molecule has 0 fully saturated rings. The molecule has 0 saturated carbocycles. The summed E-state index contributed by atoms with van der Waals surface area (Å²) in [6.07, 6.45) is 72.4. The van der Waals surface area contributed by atoms with Crippen molar-refractivity contribution < 1.29 is 58.2 Å². The molecule has 0 aliphatic carbocycles. The highest BCUT2D eigenvalue weighted by Gasteiger charge is 2.05. The molecule has 15 heteroatoms. The summed E-state index contributed by atoms with van der Waals surface area (Å²) in [6, 6.07) is 0. The third kappa shape index (κ3) is 93.4. The summed E-state index contributed by atoms with van der Waals surface area (Å²) < 4.78 is 20.3. The fourth-order valence-corrected chi connectivity index (χ4v) is 8.63. The van der Waals surface area contributed by atoms with Crippen LogP contribution in [0.2, 0.25) is 0 Å². The smallest absolute Gasteiger partial charge is 0.407 e. The Labute approximate surface area is 588 Å². The van der Waals surface area contributed by atoms with Crippen LogP contribution >= 0.6 is 22.6 Å². The van der Waals surface area contributed by atoms with Gasteiger partial charge in [0.1, 0.15) is 0 Å². The number of alkyl halides is 1. The highest BCUT2D eigenvalue weighted by Crippen LogP contribution is 2.14. The number of carboxylic acid groups (broad SMARTS) is 1. The minimum Gasteiger partial charge on any atom is -0.481 e. The van der Waals surface area contributed by atoms with Crippen LogP contribution in [0.25, 0.3) is 0 Å². The number of carboxylic acids is 1. The predicted molar refractivity (Wildman–Crippen MR) is 407 cm³/mol. The van der Waals surface area contributed by atoms with Crippen LogP contribution in [-0.2, 0) is 33.3 Å². The Balaban J connectivity index is -0.000000360. The van der Waals surface area contributed by atoms with Crippen molar-refractivity contribution in [1.82, 2.24) is 10.6 Å². The second kappa shape index (κ2) is 84.1. The van der Waals surface area contributed by atoms with Gasteiger partial charge < -0.3 is 44.9 Å². The number of nitrogens with one attached hydrogen (secondary N) is 2. The van der Waals surface area contributed by atoms with Gasteiger partial charge in [-0.3, -0.25) is 14.4 Å². The highest BCUT2D eigenvalue weighted by atomic mass is 127. The number of aliphatic carboxylic acids is 1. The number of methoxy groups -OCH3 is 2. The van der Waals surface area contributed by atoms with E-state index in [0.29, 0.717) is 88.8 Å². The van der Waals surface area contributed by atoms with Crippen LogP contribution in [0.5, 0.6) is 0 Å². The summed E-state index contributed by atoms with van der Waals surface area (Å²) in [5.41, 5.74) is 0. The Morgan fingerprint density at radius 1 is 0.404 bits per heavy atom. The number of ether oxygens (including phenoxy) is 4. The molecule has 544 valence electrons. The molecule has 14 nitrogen and oxygen atoms in total. The first-order chi connectivity index (χ1) is 45.5. The molecule has 0 aromatic heterocycles. The molecule has 0 heterocycles. The van der Waals surface area contributed by atoms with Gasteiger partial charge in [0.25, 0.3) is 0 Å². The normalized spacial score (nSPS) is 13.2. The Bertz CT molecular complexity index is 1880. The van der Waals surface area contributed by atoms with Crippen LogP contribution in [0, 0.1) is 23.7 Å². The number of aliphatic hydroxyl groups is 2. The monoisotopic (exact) mass is 1430 g/mol. The molecule has 0 saturated heterocycles. The van der Waals surface area contributed by atoms with Gasteiger partial charge in [0, 0.05) is 43.4 Å². The molecule has 5 N–H and O–H groups in total. The molecule has 0 rings (SSSR count). The number of carbonyl (C=O) groups is 5. The minimum absolute atomic E-state index is 0.219. The van der Waals surface area contributed by atoms with Gasteiger partial charge in [-0.2, -0.15) is 0 Å². The van der Waals surface area contributed by atoms with Crippen molar-refractivity contribution in [3.05, 3.63) is 122 Å². The second-order valence-corrected chi connectivity index (χ2v) is 24.8. The predicted octanol–water partition coefficient (Wildman–Crippen LogP) is 21.3. The van der Waals surface area contributed by atoms with E-state index in [4.69, 9.17) is 19.7 Å². The summed E-state index contributed by atoms with van der Waals surface area (Å²) in [4.78, 5) is 54.9. The molecule has 0 aromatic rings. The summed E-state index contributed by atoms with van der Waals surface area (Å²) in [7, 11) is 2.72. The zero-order valence-corrected chi connectivity index (χ0v) is 63.4. The minimum atomic E-state index is -0.735. The number of hydrogen-bond donors (Lipinski definition) is 5. The number of unbranched alkanes of at least 4 members (excludes halogenated alkanes) is 12. The molecule has 94 heavy (non-hydrogen) atoms. The van der Waals surface area contributed by atoms with E-state index in [-0.39, 0.29) is 37.7 Å². The summed E-state index contributed by atoms with van der Waals surface area (Å²) >= 11 is 2.40. The number of allylic oxidation sites excluding steroid dienone is 16. The summed E-state index contributed by atoms with van der Waals surface area (Å²) in [5, 5.41) is 32.0. The fraction of sp³-hybridized carbons (Fsp3) is 0.684. The molecular formula is C79H139IN2O12. The molecule has 5 atom stereocenters. The molecule has 0 aromatic carbocycles. The quantitative estimate of drug-likeness (QED) is 0.00963. The number of rotatable bonds is 53. The van der Waals surface area contributed by atoms with E-state index in [0.717, 1.165) is 44.4 Å². The topological polar surface area (TPSA) is 207 Å². The molecule has 2 amide bonds. The maximum absolute atomic E-state index is 11.4. The van der Waals surface area contributed by atoms with E-state index in [1.807, 2.05) is 60.8 Å². The Hall–Kier alpha value is -5.00. The molecule has 0 bridgehead atoms. The largest absolute Gasteiger partial charge is 0.481 e. The van der Waals surface area contributed by atoms with Gasteiger partial charge in [0.05, 0.1) is 33.5 Å². The van der Waals surface area contributed by atoms with Crippen molar-refractivity contribution in [2.24, 2.45) is 23.7 Å². The first-order valence-corrected chi connectivity index (χ1v) is 37.7. The third-order valence-electron chi connectivity index (χ3n) is 14.2. The number of alkyl carbamates (subject to hydrolysis) is 2. The van der Waals surface area contributed by atoms with Crippen LogP contribution < -0.4 is 10.6 Å². The summed E-state index contributed by atoms with van der Waals surface area (Å²) in [6.45, 7) is 22.0. The molecule has 0 radical (unpaired) electrons. The van der Waals surface area contributed by atoms with Crippen LogP contribution in [0.3, 0.4) is 0 Å². The number of amides is 2. The average molecular weight is 1440 g/mol. The lowest BCUT2D eigenvalue weighted by molar-refractivity contribution is -0.141. The lowest BCUT2D eigenvalue weighted by Gasteiger charge is -2.05. The Kier molecular flexibility index (Phi) is 87.4. The number of halogens is 1. The van der Waals surface area contributed by atoms with Crippen molar-refractivity contribution >= 4 is 52.7 Å². The Morgan fingerprint density at radius 2 is 0.723 bits per heavy atom. The van der Waals surface area contributed by atoms with E-state index in [1.165, 1.54) is 128 Å². The van der Waals surface area contributed by atoms with E-state index < -0.39 is 18.2 Å². The lowest BCUT2D eigenvalue weighted by atomic mass is 10.0. The van der Waals surface area contributed by atoms with E-state index in [1.54, 1.807) is 6.08 Å². The number of esters is 2. The first-order valence-electron chi connectivity index (χ1n) is 36.2. The fourth-order valence-electron chi connectivity index (χ4n) is 8.27. The van der Waals surface area contributed by atoms with Gasteiger partial charge in [-0.1, -0.05) is 303 Å². The SMILES string of the molecule is CCCCCC(O)/C=C/C=C\CCNC(=O)OCCCCC(=O)OC.CCCCC[C@H](C)/C=C/C=C\CCC(=O)O.CCCCC[C@H](C)/C=C/C=C\CCI.CCCCC[C@H](C)/C=C/C=C\CCNC(=O)OCCCCC(=O)OC.CCCCC[C@H](C)/C=C/C=C\CCO. The summed E-state index contributed by atoms with van der Waals surface area (Å²) in [5.74, 6) is 1.44. The zero-order chi connectivity index (χ0) is 71.0. The van der Waals surface area contributed by atoms with E-state index in [9.17, 15) is 29.1 Å². The van der Waals surface area contributed by atoms with Crippen molar-refractivity contribution in [3.8, 4) is 0 Å². The van der Waals surface area contributed by atoms with Crippen molar-refractivity contribution in [3.63, 3.8) is 0 Å². The van der Waals surface area contributed by atoms with Gasteiger partial charge in [-0.05, 0) is 114 Å². The maximum atomic E-state index is 11.4. The average Bonchev–Trinajstić information content (AvgIpc) is 3.62. The molecular weight excluding hydrogens is 1300 g/mol. The van der Waals surface area contributed by atoms with Crippen molar-refractivity contribution in [1.29, 1.82) is 0 Å². The van der Waals surface area contributed by atoms with Crippen LogP contribution in [0.1, 0.15) is 268 Å².